The molecule has 112 valence electrons. The van der Waals surface area contributed by atoms with Gasteiger partial charge in [0.15, 0.2) is 0 Å². The molecule has 0 aromatic carbocycles. The van der Waals surface area contributed by atoms with Crippen molar-refractivity contribution in [3.05, 3.63) is 18.0 Å². The highest BCUT2D eigenvalue weighted by Crippen LogP contribution is 2.30. The van der Waals surface area contributed by atoms with Crippen molar-refractivity contribution < 1.29 is 0 Å². The monoisotopic (exact) mass is 276 g/mol. The number of aromatic nitrogens is 2. The third-order valence-electron chi connectivity index (χ3n) is 4.58. The SMILES string of the molecule is CC(C)n1cc(CN(CC2CCNCC2)C2CC2)cn1. The van der Waals surface area contributed by atoms with Gasteiger partial charge in [0, 0.05) is 36.9 Å². The smallest absolute Gasteiger partial charge is 0.0534 e. The van der Waals surface area contributed by atoms with E-state index in [1.54, 1.807) is 0 Å². The highest BCUT2D eigenvalue weighted by atomic mass is 15.3. The molecule has 20 heavy (non-hydrogen) atoms. The molecule has 0 atom stereocenters. The van der Waals surface area contributed by atoms with E-state index in [0.29, 0.717) is 6.04 Å². The van der Waals surface area contributed by atoms with Crippen LogP contribution in [0.3, 0.4) is 0 Å². The summed E-state index contributed by atoms with van der Waals surface area (Å²) in [5.74, 6) is 0.886. The lowest BCUT2D eigenvalue weighted by Gasteiger charge is -2.30. The molecule has 1 saturated carbocycles. The molecule has 0 unspecified atom stereocenters. The molecule has 1 aliphatic carbocycles. The van der Waals surface area contributed by atoms with Gasteiger partial charge in [0.25, 0.3) is 0 Å². The zero-order valence-electron chi connectivity index (χ0n) is 12.9. The summed E-state index contributed by atoms with van der Waals surface area (Å²) in [4.78, 5) is 2.71. The zero-order valence-corrected chi connectivity index (χ0v) is 12.9. The van der Waals surface area contributed by atoms with Crippen LogP contribution in [-0.2, 0) is 6.54 Å². The molecule has 1 saturated heterocycles. The molecule has 1 aromatic rings. The summed E-state index contributed by atoms with van der Waals surface area (Å²) in [5, 5.41) is 7.94. The Balaban J connectivity index is 1.58. The largest absolute Gasteiger partial charge is 0.317 e. The van der Waals surface area contributed by atoms with E-state index >= 15 is 0 Å². The van der Waals surface area contributed by atoms with Gasteiger partial charge in [-0.15, -0.1) is 0 Å². The van der Waals surface area contributed by atoms with Crippen LogP contribution in [0.4, 0.5) is 0 Å². The highest BCUT2D eigenvalue weighted by molar-refractivity contribution is 5.05. The Morgan fingerprint density at radius 3 is 2.65 bits per heavy atom. The number of piperidine rings is 1. The van der Waals surface area contributed by atoms with E-state index in [2.05, 4.69) is 46.2 Å². The van der Waals surface area contributed by atoms with Crippen LogP contribution in [-0.4, -0.2) is 40.4 Å². The average molecular weight is 276 g/mol. The van der Waals surface area contributed by atoms with Crippen molar-refractivity contribution in [2.24, 2.45) is 5.92 Å². The Bertz CT molecular complexity index is 416. The Kier molecular flexibility index (Phi) is 4.41. The first-order valence-corrected chi connectivity index (χ1v) is 8.20. The quantitative estimate of drug-likeness (QED) is 0.866. The minimum Gasteiger partial charge on any atom is -0.317 e. The molecule has 2 heterocycles. The molecule has 1 aliphatic heterocycles. The van der Waals surface area contributed by atoms with Crippen molar-refractivity contribution >= 4 is 0 Å². The van der Waals surface area contributed by atoms with Crippen molar-refractivity contribution in [1.82, 2.24) is 20.0 Å². The summed E-state index contributed by atoms with van der Waals surface area (Å²) in [6.45, 7) is 9.14. The van der Waals surface area contributed by atoms with Crippen LogP contribution in [0.25, 0.3) is 0 Å². The zero-order chi connectivity index (χ0) is 13.9. The van der Waals surface area contributed by atoms with Crippen LogP contribution in [0.2, 0.25) is 0 Å². The van der Waals surface area contributed by atoms with Gasteiger partial charge < -0.3 is 5.32 Å². The first-order chi connectivity index (χ1) is 9.72. The fourth-order valence-electron chi connectivity index (χ4n) is 3.15. The topological polar surface area (TPSA) is 33.1 Å². The summed E-state index contributed by atoms with van der Waals surface area (Å²) in [7, 11) is 0. The lowest BCUT2D eigenvalue weighted by atomic mass is 9.97. The van der Waals surface area contributed by atoms with E-state index < -0.39 is 0 Å². The van der Waals surface area contributed by atoms with Gasteiger partial charge in [0.1, 0.15) is 0 Å². The Morgan fingerprint density at radius 2 is 2.05 bits per heavy atom. The molecule has 4 nitrogen and oxygen atoms in total. The van der Waals surface area contributed by atoms with Crippen molar-refractivity contribution in [3.8, 4) is 0 Å². The standard InChI is InChI=1S/C16H28N4/c1-13(2)20-12-15(9-18-20)11-19(16-3-4-16)10-14-5-7-17-8-6-14/h9,12-14,16-17H,3-8,10-11H2,1-2H3. The number of nitrogens with zero attached hydrogens (tertiary/aromatic N) is 3. The minimum atomic E-state index is 0.461. The maximum atomic E-state index is 4.48. The number of hydrogen-bond donors (Lipinski definition) is 1. The predicted molar refractivity (Wildman–Crippen MR) is 81.6 cm³/mol. The van der Waals surface area contributed by atoms with Gasteiger partial charge in [0.05, 0.1) is 6.20 Å². The summed E-state index contributed by atoms with van der Waals surface area (Å²) in [6, 6.07) is 1.30. The van der Waals surface area contributed by atoms with Crippen LogP contribution < -0.4 is 5.32 Å². The van der Waals surface area contributed by atoms with E-state index in [0.717, 1.165) is 18.5 Å². The fraction of sp³-hybridized carbons (Fsp3) is 0.812. The van der Waals surface area contributed by atoms with E-state index in [-0.39, 0.29) is 0 Å². The van der Waals surface area contributed by atoms with Gasteiger partial charge in [-0.1, -0.05) is 0 Å². The van der Waals surface area contributed by atoms with Crippen LogP contribution in [0.15, 0.2) is 12.4 Å². The van der Waals surface area contributed by atoms with E-state index in [1.165, 1.54) is 50.9 Å². The molecule has 2 fully saturated rings. The van der Waals surface area contributed by atoms with Gasteiger partial charge in [-0.25, -0.2) is 0 Å². The lowest BCUT2D eigenvalue weighted by Crippen LogP contribution is -2.36. The molecule has 1 N–H and O–H groups in total. The molecule has 0 spiro atoms. The first kappa shape index (κ1) is 14.1. The highest BCUT2D eigenvalue weighted by Gasteiger charge is 2.31. The maximum absolute atomic E-state index is 4.48. The average Bonchev–Trinajstić information content (AvgIpc) is 3.19. The molecule has 0 radical (unpaired) electrons. The first-order valence-electron chi connectivity index (χ1n) is 8.20. The molecule has 1 aromatic heterocycles. The number of nitrogens with one attached hydrogen (secondary N) is 1. The van der Waals surface area contributed by atoms with Gasteiger partial charge >= 0.3 is 0 Å². The second-order valence-corrected chi connectivity index (χ2v) is 6.78. The summed E-state index contributed by atoms with van der Waals surface area (Å²) in [5.41, 5.74) is 1.37. The van der Waals surface area contributed by atoms with Gasteiger partial charge in [0.2, 0.25) is 0 Å². The van der Waals surface area contributed by atoms with Crippen molar-refractivity contribution in [3.63, 3.8) is 0 Å². The van der Waals surface area contributed by atoms with Crippen LogP contribution in [0, 0.1) is 5.92 Å². The minimum absolute atomic E-state index is 0.461. The lowest BCUT2D eigenvalue weighted by molar-refractivity contribution is 0.190. The Hall–Kier alpha value is -0.870. The Morgan fingerprint density at radius 1 is 1.30 bits per heavy atom. The van der Waals surface area contributed by atoms with Gasteiger partial charge in [-0.2, -0.15) is 5.10 Å². The van der Waals surface area contributed by atoms with E-state index in [1.807, 2.05) is 0 Å². The summed E-state index contributed by atoms with van der Waals surface area (Å²) >= 11 is 0. The van der Waals surface area contributed by atoms with E-state index in [4.69, 9.17) is 0 Å². The molecular formula is C16H28N4. The van der Waals surface area contributed by atoms with Crippen molar-refractivity contribution in [1.29, 1.82) is 0 Å². The second-order valence-electron chi connectivity index (χ2n) is 6.78. The molecule has 4 heteroatoms. The maximum Gasteiger partial charge on any atom is 0.0534 e. The normalized spacial score (nSPS) is 21.0. The second kappa shape index (κ2) is 6.27. The van der Waals surface area contributed by atoms with Crippen LogP contribution >= 0.6 is 0 Å². The molecule has 2 aliphatic rings. The Labute approximate surface area is 122 Å². The molecule has 0 amide bonds. The predicted octanol–water partition coefficient (Wildman–Crippen LogP) is 2.43. The summed E-state index contributed by atoms with van der Waals surface area (Å²) < 4.78 is 2.07. The number of rotatable bonds is 6. The van der Waals surface area contributed by atoms with Crippen molar-refractivity contribution in [2.45, 2.75) is 58.2 Å². The van der Waals surface area contributed by atoms with Crippen molar-refractivity contribution in [2.75, 3.05) is 19.6 Å². The third kappa shape index (κ3) is 3.61. The molecular weight excluding hydrogens is 248 g/mol. The number of hydrogen-bond acceptors (Lipinski definition) is 3. The molecule has 3 rings (SSSR count). The van der Waals surface area contributed by atoms with Gasteiger partial charge in [-0.05, 0) is 58.5 Å². The fourth-order valence-corrected chi connectivity index (χ4v) is 3.15. The molecule has 0 bridgehead atoms. The van der Waals surface area contributed by atoms with Crippen LogP contribution in [0.5, 0.6) is 0 Å². The third-order valence-corrected chi connectivity index (χ3v) is 4.58. The van der Waals surface area contributed by atoms with Gasteiger partial charge in [-0.3, -0.25) is 9.58 Å². The van der Waals surface area contributed by atoms with E-state index in [9.17, 15) is 0 Å². The van der Waals surface area contributed by atoms with Crippen LogP contribution in [0.1, 0.15) is 51.1 Å². The summed E-state index contributed by atoms with van der Waals surface area (Å²) in [6.07, 6.45) is 9.75.